The number of Topliss-reactive ketones (excluding diaryl/α,β-unsaturated/α-hetero) is 2. The van der Waals surface area contributed by atoms with Crippen molar-refractivity contribution in [2.45, 2.75) is 183 Å². The SMILES string of the molecule is CC(OC(C)(C)C(C)(C(=O)C1CCC(C(=O)C(C)(C)C)CC1)C1(C)OCC(C)(C)COC(C)(C(C)(C)O)C(C)(C)OCC(CO)(CO)COC1(C)C)N1C(=O)c2ccc3c4c(ccc(c24)C1=O)C(=O)NC3=O. The summed E-state index contributed by atoms with van der Waals surface area (Å²) in [5.74, 6) is -3.71. The number of benzene rings is 2. The number of ether oxygens (including phenoxy) is 5. The van der Waals surface area contributed by atoms with Gasteiger partial charge in [0.15, 0.2) is 0 Å². The molecule has 1 aliphatic carbocycles. The molecule has 4 amide bonds. The number of amides is 4. The molecule has 72 heavy (non-hydrogen) atoms. The third-order valence-corrected chi connectivity index (χ3v) is 17.6. The molecular weight excluding hydrogens is 925 g/mol. The Labute approximate surface area is 425 Å². The van der Waals surface area contributed by atoms with Crippen LogP contribution in [0.2, 0.25) is 0 Å². The molecule has 400 valence electrons. The number of hydrogen-bond acceptors (Lipinski definition) is 14. The lowest BCUT2D eigenvalue weighted by Crippen LogP contribution is -2.73. The van der Waals surface area contributed by atoms with E-state index >= 15 is 4.79 Å². The van der Waals surface area contributed by atoms with Crippen LogP contribution in [0.15, 0.2) is 24.3 Å². The van der Waals surface area contributed by atoms with E-state index in [9.17, 15) is 39.3 Å². The first-order chi connectivity index (χ1) is 32.8. The molecule has 4 unspecified atom stereocenters. The second-order valence-electron chi connectivity index (χ2n) is 25.5. The number of nitrogens with zero attached hydrogens (tertiary/aromatic N) is 1. The highest BCUT2D eigenvalue weighted by Crippen LogP contribution is 2.56. The number of carbonyl (C=O) groups excluding carboxylic acids is 6. The monoisotopic (exact) mass is 1010 g/mol. The van der Waals surface area contributed by atoms with Gasteiger partial charge >= 0.3 is 0 Å². The summed E-state index contributed by atoms with van der Waals surface area (Å²) in [4.78, 5) is 86.1. The summed E-state index contributed by atoms with van der Waals surface area (Å²) >= 11 is 0. The summed E-state index contributed by atoms with van der Waals surface area (Å²) in [5, 5.41) is 36.5. The minimum absolute atomic E-state index is 0.0332. The van der Waals surface area contributed by atoms with Gasteiger partial charge in [0, 0.05) is 55.7 Å². The van der Waals surface area contributed by atoms with Crippen LogP contribution in [0.4, 0.5) is 0 Å². The summed E-state index contributed by atoms with van der Waals surface area (Å²) in [7, 11) is 0. The van der Waals surface area contributed by atoms with Crippen LogP contribution in [-0.4, -0.2) is 135 Å². The van der Waals surface area contributed by atoms with Gasteiger partial charge in [0.25, 0.3) is 23.6 Å². The Kier molecular flexibility index (Phi) is 15.1. The lowest BCUT2D eigenvalue weighted by molar-refractivity contribution is -0.307. The van der Waals surface area contributed by atoms with E-state index in [0.717, 1.165) is 4.90 Å². The van der Waals surface area contributed by atoms with E-state index < -0.39 is 104 Å². The van der Waals surface area contributed by atoms with E-state index in [-0.39, 0.29) is 76.9 Å². The van der Waals surface area contributed by atoms with E-state index in [1.54, 1.807) is 83.1 Å². The van der Waals surface area contributed by atoms with Crippen LogP contribution < -0.4 is 5.32 Å². The number of aliphatic hydroxyl groups excluding tert-OH is 2. The van der Waals surface area contributed by atoms with Crippen LogP contribution in [0.3, 0.4) is 0 Å². The third kappa shape index (κ3) is 9.43. The van der Waals surface area contributed by atoms with E-state index in [4.69, 9.17) is 23.7 Å². The molecule has 3 aliphatic heterocycles. The molecule has 16 nitrogen and oxygen atoms in total. The number of hydrogen-bond donors (Lipinski definition) is 4. The first kappa shape index (κ1) is 57.3. The molecule has 4 N–H and O–H groups in total. The summed E-state index contributed by atoms with van der Waals surface area (Å²) in [6, 6.07) is 5.82. The average molecular weight is 1010 g/mol. The second-order valence-corrected chi connectivity index (χ2v) is 25.5. The maximum absolute atomic E-state index is 16.2. The standard InChI is InChI=1S/C56H82N2O14/c1-32(58-45(65)37-24-22-35-39-36(44(64)57-43(35)63)23-25-38(40(37)39)46(58)66)72-50(9,10)53(15,42(62)34-20-18-33(19-21-34)41(61)47(2,3)4)55(17)52(13,14)69-31-56(26-59,27-60)30-68-51(11,12)54(16,49(7,8)67)70-28-48(5,6)29-71-55/h22-25,32-34,59-60,67H,18-21,26-31H2,1-17H3,(H,57,63,64). The quantitative estimate of drug-likeness (QED) is 0.161. The van der Waals surface area contributed by atoms with Gasteiger partial charge in [-0.1, -0.05) is 34.6 Å². The second kappa shape index (κ2) is 19.0. The zero-order valence-corrected chi connectivity index (χ0v) is 45.9. The van der Waals surface area contributed by atoms with Crippen LogP contribution >= 0.6 is 0 Å². The molecular formula is C56H82N2O14. The van der Waals surface area contributed by atoms with Gasteiger partial charge in [-0.2, -0.15) is 0 Å². The number of rotatable bonds is 11. The summed E-state index contributed by atoms with van der Waals surface area (Å²) in [6.45, 7) is 28.6. The lowest BCUT2D eigenvalue weighted by atomic mass is 9.53. The summed E-state index contributed by atoms with van der Waals surface area (Å²) < 4.78 is 34.7. The van der Waals surface area contributed by atoms with Gasteiger partial charge in [0.05, 0.1) is 72.9 Å². The van der Waals surface area contributed by atoms with Crippen molar-refractivity contribution >= 4 is 46.0 Å². The Balaban J connectivity index is 1.49. The number of aliphatic hydroxyl groups is 3. The lowest BCUT2D eigenvalue weighted by Gasteiger charge is -2.61. The van der Waals surface area contributed by atoms with Crippen molar-refractivity contribution in [3.05, 3.63) is 46.5 Å². The van der Waals surface area contributed by atoms with Crippen molar-refractivity contribution < 1.29 is 67.8 Å². The number of carbonyl (C=O) groups is 6. The highest BCUT2D eigenvalue weighted by Gasteiger charge is 2.68. The van der Waals surface area contributed by atoms with Gasteiger partial charge in [-0.15, -0.1) is 0 Å². The first-order valence-electron chi connectivity index (χ1n) is 25.4. The topological polar surface area (TPSA) is 225 Å². The molecule has 4 atom stereocenters. The number of ketones is 2. The molecule has 0 spiro atoms. The van der Waals surface area contributed by atoms with Crippen molar-refractivity contribution in [2.24, 2.45) is 33.5 Å². The van der Waals surface area contributed by atoms with Crippen LogP contribution in [0.5, 0.6) is 0 Å². The molecule has 2 fully saturated rings. The van der Waals surface area contributed by atoms with Crippen molar-refractivity contribution in [1.29, 1.82) is 0 Å². The Bertz CT molecular complexity index is 2430. The van der Waals surface area contributed by atoms with Gasteiger partial charge in [0.1, 0.15) is 29.0 Å². The summed E-state index contributed by atoms with van der Waals surface area (Å²) in [6.07, 6.45) is 0.398. The van der Waals surface area contributed by atoms with E-state index in [2.05, 4.69) is 5.32 Å². The summed E-state index contributed by atoms with van der Waals surface area (Å²) in [5.41, 5.74) is -12.9. The highest BCUT2D eigenvalue weighted by atomic mass is 16.6. The number of imide groups is 2. The van der Waals surface area contributed by atoms with Gasteiger partial charge in [-0.3, -0.25) is 34.1 Å². The smallest absolute Gasteiger partial charge is 0.263 e. The maximum Gasteiger partial charge on any atom is 0.263 e. The minimum Gasteiger partial charge on any atom is -0.396 e. The number of nitrogens with one attached hydrogen (secondary N) is 1. The third-order valence-electron chi connectivity index (χ3n) is 17.6. The van der Waals surface area contributed by atoms with E-state index in [1.807, 2.05) is 34.6 Å². The Morgan fingerprint density at radius 1 is 0.639 bits per heavy atom. The highest BCUT2D eigenvalue weighted by molar-refractivity contribution is 6.33. The molecule has 1 saturated carbocycles. The van der Waals surface area contributed by atoms with Crippen molar-refractivity contribution in [1.82, 2.24) is 10.2 Å². The van der Waals surface area contributed by atoms with Crippen molar-refractivity contribution in [3.8, 4) is 0 Å². The Hall–Kier alpha value is -4.00. The van der Waals surface area contributed by atoms with Gasteiger partial charge in [-0.25, -0.2) is 4.90 Å². The molecule has 0 radical (unpaired) electrons. The molecule has 3 heterocycles. The van der Waals surface area contributed by atoms with E-state index in [0.29, 0.717) is 25.7 Å². The molecule has 0 bridgehead atoms. The predicted octanol–water partition coefficient (Wildman–Crippen LogP) is 7.38. The Morgan fingerprint density at radius 3 is 1.44 bits per heavy atom. The normalized spacial score (nSPS) is 28.4. The van der Waals surface area contributed by atoms with Crippen LogP contribution in [-0.2, 0) is 33.3 Å². The van der Waals surface area contributed by atoms with Crippen LogP contribution in [0.1, 0.15) is 185 Å². The zero-order chi connectivity index (χ0) is 54.4. The molecule has 6 rings (SSSR count). The fraction of sp³-hybridized carbons (Fsp3) is 0.714. The molecule has 16 heteroatoms. The van der Waals surface area contributed by atoms with Crippen LogP contribution in [0.25, 0.3) is 10.8 Å². The van der Waals surface area contributed by atoms with Crippen LogP contribution in [0, 0.1) is 33.5 Å². The van der Waals surface area contributed by atoms with Crippen molar-refractivity contribution in [2.75, 3.05) is 39.6 Å². The fourth-order valence-corrected chi connectivity index (χ4v) is 11.4. The zero-order valence-electron chi connectivity index (χ0n) is 45.9. The van der Waals surface area contributed by atoms with Gasteiger partial charge in [0.2, 0.25) is 0 Å². The maximum atomic E-state index is 16.2. The molecule has 2 aromatic rings. The fourth-order valence-electron chi connectivity index (χ4n) is 11.4. The largest absolute Gasteiger partial charge is 0.396 e. The molecule has 4 aliphatic rings. The first-order valence-corrected chi connectivity index (χ1v) is 25.4. The molecule has 2 aromatic carbocycles. The predicted molar refractivity (Wildman–Crippen MR) is 269 cm³/mol. The molecule has 1 saturated heterocycles. The van der Waals surface area contributed by atoms with Gasteiger partial charge in [-0.05, 0) is 133 Å². The van der Waals surface area contributed by atoms with Gasteiger partial charge < -0.3 is 39.0 Å². The molecule has 0 aromatic heterocycles. The van der Waals surface area contributed by atoms with Crippen molar-refractivity contribution in [3.63, 3.8) is 0 Å². The van der Waals surface area contributed by atoms with E-state index in [1.165, 1.54) is 24.3 Å². The minimum atomic E-state index is -1.76. The Morgan fingerprint density at radius 2 is 1.03 bits per heavy atom. The average Bonchev–Trinajstić information content (AvgIpc) is 3.29.